The number of furan rings is 1. The first-order valence-corrected chi connectivity index (χ1v) is 12.1. The summed E-state index contributed by atoms with van der Waals surface area (Å²) in [6, 6.07) is 6.89. The molecule has 148 valence electrons. The molecule has 5 nitrogen and oxygen atoms in total. The molecule has 0 spiro atoms. The van der Waals surface area contributed by atoms with Crippen molar-refractivity contribution in [1.29, 1.82) is 0 Å². The average Bonchev–Trinajstić information content (AvgIpc) is 3.30. The van der Waals surface area contributed by atoms with Crippen LogP contribution in [0.15, 0.2) is 34.1 Å². The number of nitrogens with zero attached hydrogens (tertiary/aromatic N) is 1. The zero-order valence-corrected chi connectivity index (χ0v) is 18.0. The summed E-state index contributed by atoms with van der Waals surface area (Å²) in [5.74, 6) is 0.0731. The molecule has 28 heavy (non-hydrogen) atoms. The highest BCUT2D eigenvalue weighted by Gasteiger charge is 2.37. The lowest BCUT2D eigenvalue weighted by molar-refractivity contribution is 0.0651. The van der Waals surface area contributed by atoms with E-state index in [1.54, 1.807) is 34.4 Å². The number of rotatable bonds is 4. The maximum Gasteiger partial charge on any atom is 0.290 e. The van der Waals surface area contributed by atoms with Crippen molar-refractivity contribution >= 4 is 49.7 Å². The number of thiophene rings is 1. The van der Waals surface area contributed by atoms with Gasteiger partial charge in [-0.25, -0.2) is 8.42 Å². The van der Waals surface area contributed by atoms with E-state index >= 15 is 0 Å². The molecule has 0 N–H and O–H groups in total. The molecule has 1 aliphatic heterocycles. The summed E-state index contributed by atoms with van der Waals surface area (Å²) < 4.78 is 30.0. The van der Waals surface area contributed by atoms with Gasteiger partial charge in [-0.15, -0.1) is 11.3 Å². The second-order valence-corrected chi connectivity index (χ2v) is 10.9. The molecule has 1 saturated heterocycles. The monoisotopic (exact) mass is 437 g/mol. The predicted molar refractivity (Wildman–Crippen MR) is 112 cm³/mol. The van der Waals surface area contributed by atoms with Gasteiger partial charge < -0.3 is 9.32 Å². The molecule has 1 atom stereocenters. The van der Waals surface area contributed by atoms with Crippen molar-refractivity contribution in [3.05, 3.63) is 56.4 Å². The Morgan fingerprint density at radius 3 is 2.75 bits per heavy atom. The zero-order valence-electron chi connectivity index (χ0n) is 15.6. The Labute approximate surface area is 172 Å². The second kappa shape index (κ2) is 7.21. The van der Waals surface area contributed by atoms with Crippen molar-refractivity contribution in [3.8, 4) is 0 Å². The summed E-state index contributed by atoms with van der Waals surface area (Å²) in [6.07, 6.45) is 0.448. The van der Waals surface area contributed by atoms with E-state index in [1.165, 1.54) is 0 Å². The number of benzene rings is 1. The Morgan fingerprint density at radius 2 is 2.11 bits per heavy atom. The van der Waals surface area contributed by atoms with E-state index in [0.29, 0.717) is 23.6 Å². The molecule has 1 unspecified atom stereocenters. The molecule has 1 amide bonds. The van der Waals surface area contributed by atoms with Crippen molar-refractivity contribution in [3.63, 3.8) is 0 Å². The number of fused-ring (bicyclic) bond motifs is 1. The summed E-state index contributed by atoms with van der Waals surface area (Å²) in [6.45, 7) is 4.20. The number of amides is 1. The molecular formula is C20H20ClNO4S2. The number of hydrogen-bond acceptors (Lipinski definition) is 5. The zero-order chi connectivity index (χ0) is 20.1. The van der Waals surface area contributed by atoms with Gasteiger partial charge in [0.2, 0.25) is 0 Å². The van der Waals surface area contributed by atoms with E-state index in [4.69, 9.17) is 16.0 Å². The van der Waals surface area contributed by atoms with Crippen molar-refractivity contribution < 1.29 is 17.6 Å². The van der Waals surface area contributed by atoms with Crippen LogP contribution in [-0.4, -0.2) is 36.8 Å². The van der Waals surface area contributed by atoms with Crippen LogP contribution in [0.3, 0.4) is 0 Å². The highest BCUT2D eigenvalue weighted by molar-refractivity contribution is 7.91. The molecule has 0 saturated carbocycles. The highest BCUT2D eigenvalue weighted by atomic mass is 35.5. The normalized spacial score (nSPS) is 18.6. The van der Waals surface area contributed by atoms with Gasteiger partial charge in [-0.1, -0.05) is 11.6 Å². The van der Waals surface area contributed by atoms with E-state index in [-0.39, 0.29) is 29.2 Å². The molecule has 4 rings (SSSR count). The molecule has 2 aromatic heterocycles. The Hall–Kier alpha value is -1.83. The Morgan fingerprint density at radius 1 is 1.32 bits per heavy atom. The van der Waals surface area contributed by atoms with E-state index in [2.05, 4.69) is 0 Å². The summed E-state index contributed by atoms with van der Waals surface area (Å²) in [5, 5.41) is 3.35. The molecule has 1 aliphatic rings. The van der Waals surface area contributed by atoms with Crippen molar-refractivity contribution in [2.24, 2.45) is 0 Å². The number of halogens is 1. The maximum atomic E-state index is 13.5. The molecule has 0 bridgehead atoms. The Bertz CT molecular complexity index is 1160. The number of hydrogen-bond donors (Lipinski definition) is 0. The molecular weight excluding hydrogens is 418 g/mol. The van der Waals surface area contributed by atoms with Crippen LogP contribution in [0.2, 0.25) is 5.02 Å². The lowest BCUT2D eigenvalue weighted by Crippen LogP contribution is -2.40. The minimum Gasteiger partial charge on any atom is -0.451 e. The van der Waals surface area contributed by atoms with Gasteiger partial charge in [0.1, 0.15) is 5.58 Å². The quantitative estimate of drug-likeness (QED) is 0.598. The van der Waals surface area contributed by atoms with Crippen LogP contribution in [0, 0.1) is 13.8 Å². The fourth-order valence-electron chi connectivity index (χ4n) is 3.64. The Kier molecular flexibility index (Phi) is 5.02. The first kappa shape index (κ1) is 19.5. The van der Waals surface area contributed by atoms with Gasteiger partial charge in [-0.05, 0) is 55.5 Å². The largest absolute Gasteiger partial charge is 0.451 e. The van der Waals surface area contributed by atoms with Gasteiger partial charge in [-0.3, -0.25) is 4.79 Å². The number of sulfone groups is 1. The van der Waals surface area contributed by atoms with Gasteiger partial charge in [0.15, 0.2) is 15.6 Å². The van der Waals surface area contributed by atoms with Crippen molar-refractivity contribution in [2.75, 3.05) is 11.5 Å². The molecule has 1 fully saturated rings. The fraction of sp³-hybridized carbons (Fsp3) is 0.350. The topological polar surface area (TPSA) is 67.6 Å². The summed E-state index contributed by atoms with van der Waals surface area (Å²) in [7, 11) is -3.12. The third-order valence-electron chi connectivity index (χ3n) is 5.28. The minimum atomic E-state index is -3.12. The maximum absolute atomic E-state index is 13.5. The molecule has 3 aromatic rings. The van der Waals surface area contributed by atoms with Crippen LogP contribution < -0.4 is 0 Å². The Balaban J connectivity index is 1.74. The van der Waals surface area contributed by atoms with Gasteiger partial charge >= 0.3 is 0 Å². The lowest BCUT2D eigenvalue weighted by Gasteiger charge is -2.27. The molecule has 8 heteroatoms. The molecule has 0 radical (unpaired) electrons. The van der Waals surface area contributed by atoms with Crippen molar-refractivity contribution in [2.45, 2.75) is 32.9 Å². The number of carbonyl (C=O) groups excluding carboxylic acids is 1. The smallest absolute Gasteiger partial charge is 0.290 e. The summed E-state index contributed by atoms with van der Waals surface area (Å²) >= 11 is 7.66. The van der Waals surface area contributed by atoms with Gasteiger partial charge in [-0.2, -0.15) is 0 Å². The minimum absolute atomic E-state index is 0.00569. The first-order valence-electron chi connectivity index (χ1n) is 8.98. The third kappa shape index (κ3) is 3.58. The lowest BCUT2D eigenvalue weighted by atomic mass is 10.1. The second-order valence-electron chi connectivity index (χ2n) is 7.21. The van der Waals surface area contributed by atoms with Crippen LogP contribution in [0.25, 0.3) is 11.0 Å². The SMILES string of the molecule is Cc1ccsc1CN(C(=O)c1oc2ccc(Cl)cc2c1C)C1CCS(=O)(=O)C1. The van der Waals surface area contributed by atoms with Gasteiger partial charge in [0.05, 0.1) is 18.1 Å². The first-order chi connectivity index (χ1) is 13.2. The highest BCUT2D eigenvalue weighted by Crippen LogP contribution is 2.31. The van der Waals surface area contributed by atoms with Gasteiger partial charge in [0.25, 0.3) is 5.91 Å². The summed E-state index contributed by atoms with van der Waals surface area (Å²) in [5.41, 5.74) is 2.41. The number of aryl methyl sites for hydroxylation is 2. The van der Waals surface area contributed by atoms with Crippen LogP contribution in [0.4, 0.5) is 0 Å². The molecule has 3 heterocycles. The van der Waals surface area contributed by atoms with Crippen LogP contribution in [0.5, 0.6) is 0 Å². The predicted octanol–water partition coefficient (Wildman–Crippen LogP) is 4.59. The third-order valence-corrected chi connectivity index (χ3v) is 8.28. The van der Waals surface area contributed by atoms with Crippen LogP contribution in [0.1, 0.15) is 33.0 Å². The fourth-order valence-corrected chi connectivity index (χ4v) is 6.44. The van der Waals surface area contributed by atoms with Crippen LogP contribution in [-0.2, 0) is 16.4 Å². The average molecular weight is 438 g/mol. The van der Waals surface area contributed by atoms with Crippen LogP contribution >= 0.6 is 22.9 Å². The molecule has 1 aromatic carbocycles. The van der Waals surface area contributed by atoms with E-state index < -0.39 is 9.84 Å². The standard InChI is InChI=1S/C20H20ClNO4S2/c1-12-5-7-27-18(12)10-22(15-6-8-28(24,25)11-15)20(23)19-13(2)16-9-14(21)3-4-17(16)26-19/h3-5,7,9,15H,6,8,10-11H2,1-2H3. The van der Waals surface area contributed by atoms with Crippen molar-refractivity contribution in [1.82, 2.24) is 4.90 Å². The number of carbonyl (C=O) groups is 1. The molecule has 0 aliphatic carbocycles. The summed E-state index contributed by atoms with van der Waals surface area (Å²) in [4.78, 5) is 16.2. The van der Waals surface area contributed by atoms with Gasteiger partial charge in [0, 0.05) is 26.9 Å². The van der Waals surface area contributed by atoms with E-state index in [1.807, 2.05) is 25.3 Å². The van der Waals surface area contributed by atoms with E-state index in [0.717, 1.165) is 21.4 Å². The van der Waals surface area contributed by atoms with E-state index in [9.17, 15) is 13.2 Å².